The molecule has 7 nitrogen and oxygen atoms in total. The Labute approximate surface area is 227 Å². The molecule has 3 aromatic carbocycles. The lowest BCUT2D eigenvalue weighted by Crippen LogP contribution is -2.46. The Kier molecular flexibility index (Phi) is 8.85. The van der Waals surface area contributed by atoms with Gasteiger partial charge in [-0.05, 0) is 60.5 Å². The number of hydrogen-bond donors (Lipinski definition) is 1. The molecule has 1 fully saturated rings. The standard InChI is InChI=1S/C27H24ClF2N3O4S/c1-36-21-11-7-19(8-12-21)31-25(35)23-17-24(34)33(16-15-18-5-3-2-4-6-18)26(38-23)32-20-9-13-22(14-10-20)37-27(28,29)30/h2-14,23H,15-17H2,1H3,(H,31,35). The molecular weight excluding hydrogens is 536 g/mol. The zero-order valence-corrected chi connectivity index (χ0v) is 21.8. The lowest BCUT2D eigenvalue weighted by Gasteiger charge is -2.32. The zero-order valence-electron chi connectivity index (χ0n) is 20.3. The number of carbonyl (C=O) groups is 2. The van der Waals surface area contributed by atoms with Gasteiger partial charge in [0, 0.05) is 30.3 Å². The number of aliphatic imine (C=N–C) groups is 1. The highest BCUT2D eigenvalue weighted by Crippen LogP contribution is 2.32. The summed E-state index contributed by atoms with van der Waals surface area (Å²) < 4.78 is 35.4. The molecule has 3 aromatic rings. The van der Waals surface area contributed by atoms with Crippen LogP contribution < -0.4 is 14.8 Å². The first-order valence-corrected chi connectivity index (χ1v) is 12.9. The fraction of sp³-hybridized carbons (Fsp3) is 0.222. The van der Waals surface area contributed by atoms with Gasteiger partial charge in [0.1, 0.15) is 16.7 Å². The summed E-state index contributed by atoms with van der Waals surface area (Å²) >= 11 is 6.00. The van der Waals surface area contributed by atoms with Gasteiger partial charge < -0.3 is 14.8 Å². The van der Waals surface area contributed by atoms with E-state index in [4.69, 9.17) is 16.3 Å². The fourth-order valence-corrected chi connectivity index (χ4v) is 4.89. The van der Waals surface area contributed by atoms with Gasteiger partial charge in [0.2, 0.25) is 11.8 Å². The smallest absolute Gasteiger partial charge is 0.487 e. The summed E-state index contributed by atoms with van der Waals surface area (Å²) in [6.45, 7) is 0.362. The molecule has 2 amide bonds. The minimum Gasteiger partial charge on any atom is -0.497 e. The van der Waals surface area contributed by atoms with E-state index in [1.807, 2.05) is 30.3 Å². The first-order valence-electron chi connectivity index (χ1n) is 11.6. The van der Waals surface area contributed by atoms with Crippen molar-refractivity contribution < 1.29 is 27.8 Å². The number of halogens is 3. The number of nitrogens with one attached hydrogen (secondary N) is 1. The molecule has 198 valence electrons. The van der Waals surface area contributed by atoms with Gasteiger partial charge >= 0.3 is 5.57 Å². The van der Waals surface area contributed by atoms with Crippen LogP contribution >= 0.6 is 23.4 Å². The average Bonchev–Trinajstić information content (AvgIpc) is 2.89. The molecule has 38 heavy (non-hydrogen) atoms. The van der Waals surface area contributed by atoms with E-state index >= 15 is 0 Å². The van der Waals surface area contributed by atoms with Gasteiger partial charge in [-0.2, -0.15) is 0 Å². The Morgan fingerprint density at radius 1 is 1.08 bits per heavy atom. The van der Waals surface area contributed by atoms with Crippen molar-refractivity contribution in [3.63, 3.8) is 0 Å². The van der Waals surface area contributed by atoms with Crippen LogP contribution in [0.15, 0.2) is 83.9 Å². The van der Waals surface area contributed by atoms with Crippen molar-refractivity contribution in [3.8, 4) is 11.5 Å². The van der Waals surface area contributed by atoms with Crippen LogP contribution in [0.25, 0.3) is 0 Å². The lowest BCUT2D eigenvalue weighted by molar-refractivity contribution is -0.129. The molecule has 1 atom stereocenters. The number of nitrogens with zero attached hydrogens (tertiary/aromatic N) is 2. The van der Waals surface area contributed by atoms with E-state index in [9.17, 15) is 18.4 Å². The van der Waals surface area contributed by atoms with E-state index in [0.29, 0.717) is 35.3 Å². The average molecular weight is 560 g/mol. The number of amides is 2. The van der Waals surface area contributed by atoms with Crippen molar-refractivity contribution in [1.82, 2.24) is 4.90 Å². The Balaban J connectivity index is 1.54. The molecule has 1 unspecified atom stereocenters. The van der Waals surface area contributed by atoms with Crippen LogP contribution in [0, 0.1) is 0 Å². The number of methoxy groups -OCH3 is 1. The van der Waals surface area contributed by atoms with E-state index in [-0.39, 0.29) is 24.0 Å². The van der Waals surface area contributed by atoms with Crippen LogP contribution in [-0.4, -0.2) is 46.4 Å². The van der Waals surface area contributed by atoms with Crippen molar-refractivity contribution in [2.24, 2.45) is 4.99 Å². The molecule has 0 radical (unpaired) electrons. The van der Waals surface area contributed by atoms with Gasteiger partial charge in [-0.3, -0.25) is 14.5 Å². The maximum absolute atomic E-state index is 13.2. The number of rotatable bonds is 9. The number of anilines is 1. The summed E-state index contributed by atoms with van der Waals surface area (Å²) in [5.74, 6) is -0.0639. The number of ether oxygens (including phenoxy) is 2. The monoisotopic (exact) mass is 559 g/mol. The Morgan fingerprint density at radius 2 is 1.74 bits per heavy atom. The van der Waals surface area contributed by atoms with E-state index < -0.39 is 10.8 Å². The minimum absolute atomic E-state index is 0.00194. The van der Waals surface area contributed by atoms with Gasteiger partial charge in [0.25, 0.3) is 0 Å². The first-order chi connectivity index (χ1) is 18.2. The number of carbonyl (C=O) groups excluding carboxylic acids is 2. The van der Waals surface area contributed by atoms with Gasteiger partial charge in [-0.1, -0.05) is 42.1 Å². The van der Waals surface area contributed by atoms with Gasteiger partial charge in [0.05, 0.1) is 12.8 Å². The summed E-state index contributed by atoms with van der Waals surface area (Å²) in [5, 5.41) is 2.45. The highest BCUT2D eigenvalue weighted by Gasteiger charge is 2.36. The van der Waals surface area contributed by atoms with Crippen molar-refractivity contribution >= 4 is 51.7 Å². The highest BCUT2D eigenvalue weighted by atomic mass is 35.5. The van der Waals surface area contributed by atoms with Gasteiger partial charge in [0.15, 0.2) is 5.17 Å². The molecule has 1 N–H and O–H groups in total. The Bertz CT molecular complexity index is 1290. The molecule has 0 aliphatic carbocycles. The molecule has 1 aliphatic rings. The summed E-state index contributed by atoms with van der Waals surface area (Å²) in [7, 11) is 1.55. The molecule has 1 saturated heterocycles. The second kappa shape index (κ2) is 12.3. The second-order valence-electron chi connectivity index (χ2n) is 8.25. The molecule has 0 aromatic heterocycles. The summed E-state index contributed by atoms with van der Waals surface area (Å²) in [6.07, 6.45) is 0.588. The molecule has 1 heterocycles. The van der Waals surface area contributed by atoms with Crippen molar-refractivity contribution in [2.75, 3.05) is 19.0 Å². The van der Waals surface area contributed by atoms with Crippen molar-refractivity contribution in [2.45, 2.75) is 23.7 Å². The van der Waals surface area contributed by atoms with Crippen molar-refractivity contribution in [3.05, 3.63) is 84.4 Å². The normalized spacial score (nSPS) is 16.8. The van der Waals surface area contributed by atoms with E-state index in [1.165, 1.54) is 36.0 Å². The third kappa shape index (κ3) is 7.69. The van der Waals surface area contributed by atoms with Crippen LogP contribution in [-0.2, 0) is 16.0 Å². The van der Waals surface area contributed by atoms with E-state index in [1.54, 1.807) is 36.3 Å². The van der Waals surface area contributed by atoms with Crippen LogP contribution in [0.3, 0.4) is 0 Å². The second-order valence-corrected chi connectivity index (χ2v) is 9.86. The topological polar surface area (TPSA) is 80.2 Å². The maximum atomic E-state index is 13.2. The number of thioether (sulfide) groups is 1. The van der Waals surface area contributed by atoms with Gasteiger partial charge in [-0.15, -0.1) is 8.78 Å². The van der Waals surface area contributed by atoms with E-state index in [2.05, 4.69) is 15.0 Å². The van der Waals surface area contributed by atoms with Gasteiger partial charge in [-0.25, -0.2) is 4.99 Å². The summed E-state index contributed by atoms with van der Waals surface area (Å²) in [4.78, 5) is 32.4. The molecule has 0 bridgehead atoms. The summed E-state index contributed by atoms with van der Waals surface area (Å²) in [5.41, 5.74) is -1.82. The molecule has 0 saturated carbocycles. The zero-order chi connectivity index (χ0) is 27.1. The summed E-state index contributed by atoms with van der Waals surface area (Å²) in [6, 6.07) is 22.1. The Hall–Kier alpha value is -3.63. The fourth-order valence-electron chi connectivity index (χ4n) is 3.68. The van der Waals surface area contributed by atoms with Crippen LogP contribution in [0.2, 0.25) is 0 Å². The van der Waals surface area contributed by atoms with Crippen LogP contribution in [0.5, 0.6) is 11.5 Å². The number of alkyl halides is 3. The largest absolute Gasteiger partial charge is 0.497 e. The number of amidine groups is 1. The SMILES string of the molecule is COc1ccc(NC(=O)C2CC(=O)N(CCc3ccccc3)C(=Nc3ccc(OC(F)(F)Cl)cc3)S2)cc1. The first kappa shape index (κ1) is 27.4. The number of benzene rings is 3. The molecule has 4 rings (SSSR count). The predicted molar refractivity (Wildman–Crippen MR) is 144 cm³/mol. The third-order valence-corrected chi connectivity index (χ3v) is 6.82. The molecule has 0 spiro atoms. The van der Waals surface area contributed by atoms with E-state index in [0.717, 1.165) is 5.56 Å². The number of hydrogen-bond acceptors (Lipinski definition) is 6. The van der Waals surface area contributed by atoms with Crippen LogP contribution in [0.4, 0.5) is 20.2 Å². The van der Waals surface area contributed by atoms with Crippen LogP contribution in [0.1, 0.15) is 12.0 Å². The highest BCUT2D eigenvalue weighted by molar-refractivity contribution is 8.15. The maximum Gasteiger partial charge on any atom is 0.487 e. The van der Waals surface area contributed by atoms with Crippen molar-refractivity contribution in [1.29, 1.82) is 0 Å². The molecular formula is C27H24ClF2N3O4S. The lowest BCUT2D eigenvalue weighted by atomic mass is 10.1. The Morgan fingerprint density at radius 3 is 2.37 bits per heavy atom. The predicted octanol–water partition coefficient (Wildman–Crippen LogP) is 6.07. The molecule has 1 aliphatic heterocycles. The molecule has 11 heteroatoms. The quantitative estimate of drug-likeness (QED) is 0.322. The minimum atomic E-state index is -3.84. The third-order valence-electron chi connectivity index (χ3n) is 5.55.